The summed E-state index contributed by atoms with van der Waals surface area (Å²) in [6.07, 6.45) is 0.120. The van der Waals surface area contributed by atoms with Crippen LogP contribution in [-0.4, -0.2) is 43.0 Å². The molecule has 0 saturated carbocycles. The van der Waals surface area contributed by atoms with Crippen molar-refractivity contribution in [2.75, 3.05) is 20.1 Å². The summed E-state index contributed by atoms with van der Waals surface area (Å²) in [6.45, 7) is 12.8. The van der Waals surface area contributed by atoms with Gasteiger partial charge in [-0.05, 0) is 63.9 Å². The third kappa shape index (κ3) is 7.31. The fourth-order valence-corrected chi connectivity index (χ4v) is 3.22. The first kappa shape index (κ1) is 24.3. The van der Waals surface area contributed by atoms with Gasteiger partial charge in [0.25, 0.3) is 5.91 Å². The Hall–Kier alpha value is -3.02. The average Bonchev–Trinajstić information content (AvgIpc) is 2.75. The number of guanidine groups is 1. The Labute approximate surface area is 186 Å². The number of benzene rings is 2. The Balaban J connectivity index is 1.94. The molecule has 0 spiro atoms. The van der Waals surface area contributed by atoms with Gasteiger partial charge in [0, 0.05) is 44.4 Å². The second-order valence-electron chi connectivity index (χ2n) is 7.73. The van der Waals surface area contributed by atoms with E-state index in [-0.39, 0.29) is 12.0 Å². The molecule has 1 amide bonds. The van der Waals surface area contributed by atoms with Gasteiger partial charge in [-0.1, -0.05) is 24.3 Å². The smallest absolute Gasteiger partial charge is 0.253 e. The van der Waals surface area contributed by atoms with E-state index in [9.17, 15) is 4.79 Å². The summed E-state index contributed by atoms with van der Waals surface area (Å²) in [6, 6.07) is 14.0. The topological polar surface area (TPSA) is 66.0 Å². The van der Waals surface area contributed by atoms with E-state index in [0.717, 1.165) is 16.9 Å². The second kappa shape index (κ2) is 12.0. The summed E-state index contributed by atoms with van der Waals surface area (Å²) in [5.74, 6) is 1.67. The van der Waals surface area contributed by atoms with Crippen molar-refractivity contribution >= 4 is 11.9 Å². The van der Waals surface area contributed by atoms with Gasteiger partial charge in [-0.25, -0.2) is 0 Å². The Morgan fingerprint density at radius 2 is 1.68 bits per heavy atom. The van der Waals surface area contributed by atoms with E-state index in [2.05, 4.69) is 40.7 Å². The van der Waals surface area contributed by atoms with Gasteiger partial charge in [-0.15, -0.1) is 0 Å². The van der Waals surface area contributed by atoms with Crippen molar-refractivity contribution in [1.29, 1.82) is 0 Å². The largest absolute Gasteiger partial charge is 0.491 e. The van der Waals surface area contributed by atoms with Gasteiger partial charge < -0.3 is 20.3 Å². The number of aryl methyl sites for hydroxylation is 1. The Morgan fingerprint density at radius 3 is 2.26 bits per heavy atom. The third-order valence-corrected chi connectivity index (χ3v) is 4.97. The highest BCUT2D eigenvalue weighted by Crippen LogP contribution is 2.21. The van der Waals surface area contributed by atoms with Crippen LogP contribution < -0.4 is 15.4 Å². The Bertz CT molecular complexity index is 872. The summed E-state index contributed by atoms with van der Waals surface area (Å²) in [5, 5.41) is 6.67. The molecule has 0 aromatic heterocycles. The zero-order chi connectivity index (χ0) is 22.8. The predicted molar refractivity (Wildman–Crippen MR) is 128 cm³/mol. The van der Waals surface area contributed by atoms with Gasteiger partial charge in [0.05, 0.1) is 6.10 Å². The maximum absolute atomic E-state index is 12.4. The quantitative estimate of drug-likeness (QED) is 0.469. The first-order chi connectivity index (χ1) is 14.9. The van der Waals surface area contributed by atoms with Crippen LogP contribution in [0.5, 0.6) is 5.75 Å². The van der Waals surface area contributed by atoms with Gasteiger partial charge in [0.15, 0.2) is 5.96 Å². The van der Waals surface area contributed by atoms with Crippen molar-refractivity contribution < 1.29 is 9.53 Å². The minimum Gasteiger partial charge on any atom is -0.491 e. The molecule has 0 aliphatic rings. The van der Waals surface area contributed by atoms with Crippen LogP contribution in [0.4, 0.5) is 0 Å². The molecule has 0 aliphatic heterocycles. The minimum atomic E-state index is 0.0690. The highest BCUT2D eigenvalue weighted by molar-refractivity contribution is 5.94. The van der Waals surface area contributed by atoms with Gasteiger partial charge >= 0.3 is 0 Å². The standard InChI is InChI=1S/C25H36N4O2/c1-7-29(8-2)24(30)21-13-10-20(11-14-21)16-27-25(26-6)28-17-22-12-9-19(5)15-23(22)31-18(3)4/h9-15,18H,7-8,16-17H2,1-6H3,(H2,26,27,28). The molecule has 2 N–H and O–H groups in total. The van der Waals surface area contributed by atoms with E-state index in [1.807, 2.05) is 56.9 Å². The molecule has 0 aliphatic carbocycles. The van der Waals surface area contributed by atoms with E-state index < -0.39 is 0 Å². The number of nitrogens with one attached hydrogen (secondary N) is 2. The molecule has 0 saturated heterocycles. The summed E-state index contributed by atoms with van der Waals surface area (Å²) >= 11 is 0. The highest BCUT2D eigenvalue weighted by Gasteiger charge is 2.12. The monoisotopic (exact) mass is 424 g/mol. The molecule has 0 atom stereocenters. The number of carbonyl (C=O) groups excluding carboxylic acids is 1. The number of ether oxygens (including phenoxy) is 1. The molecule has 2 aromatic rings. The van der Waals surface area contributed by atoms with E-state index in [1.165, 1.54) is 5.56 Å². The lowest BCUT2D eigenvalue weighted by Gasteiger charge is -2.19. The van der Waals surface area contributed by atoms with Crippen molar-refractivity contribution in [2.45, 2.75) is 53.8 Å². The molecular formula is C25H36N4O2. The fraction of sp³-hybridized carbons (Fsp3) is 0.440. The number of aliphatic imine (C=N–C) groups is 1. The average molecular weight is 425 g/mol. The number of amides is 1. The van der Waals surface area contributed by atoms with Crippen LogP contribution in [-0.2, 0) is 13.1 Å². The minimum absolute atomic E-state index is 0.0690. The highest BCUT2D eigenvalue weighted by atomic mass is 16.5. The first-order valence-electron chi connectivity index (χ1n) is 11.0. The molecule has 2 rings (SSSR count). The van der Waals surface area contributed by atoms with Crippen LogP contribution in [0.15, 0.2) is 47.5 Å². The number of hydrogen-bond acceptors (Lipinski definition) is 3. The molecule has 0 unspecified atom stereocenters. The third-order valence-electron chi connectivity index (χ3n) is 4.97. The van der Waals surface area contributed by atoms with E-state index in [0.29, 0.717) is 37.7 Å². The molecule has 168 valence electrons. The molecule has 2 aromatic carbocycles. The van der Waals surface area contributed by atoms with Crippen molar-refractivity contribution in [1.82, 2.24) is 15.5 Å². The lowest BCUT2D eigenvalue weighted by Crippen LogP contribution is -2.36. The summed E-state index contributed by atoms with van der Waals surface area (Å²) in [4.78, 5) is 18.6. The van der Waals surface area contributed by atoms with Crippen LogP contribution >= 0.6 is 0 Å². The number of carbonyl (C=O) groups is 1. The zero-order valence-corrected chi connectivity index (χ0v) is 19.7. The normalized spacial score (nSPS) is 11.4. The summed E-state index contributed by atoms with van der Waals surface area (Å²) < 4.78 is 5.95. The van der Waals surface area contributed by atoms with Crippen molar-refractivity contribution in [3.8, 4) is 5.75 Å². The van der Waals surface area contributed by atoms with E-state index in [1.54, 1.807) is 7.05 Å². The number of nitrogens with zero attached hydrogens (tertiary/aromatic N) is 2. The van der Waals surface area contributed by atoms with Crippen LogP contribution in [0.2, 0.25) is 0 Å². The predicted octanol–water partition coefficient (Wildman–Crippen LogP) is 4.13. The van der Waals surface area contributed by atoms with Crippen molar-refractivity contribution in [3.63, 3.8) is 0 Å². The van der Waals surface area contributed by atoms with Gasteiger partial charge in [-0.2, -0.15) is 0 Å². The van der Waals surface area contributed by atoms with E-state index >= 15 is 0 Å². The summed E-state index contributed by atoms with van der Waals surface area (Å²) in [5.41, 5.74) is 4.05. The number of hydrogen-bond donors (Lipinski definition) is 2. The van der Waals surface area contributed by atoms with E-state index in [4.69, 9.17) is 4.74 Å². The van der Waals surface area contributed by atoms with Gasteiger partial charge in [0.2, 0.25) is 0 Å². The van der Waals surface area contributed by atoms with Gasteiger partial charge in [-0.3, -0.25) is 9.79 Å². The lowest BCUT2D eigenvalue weighted by atomic mass is 10.1. The SMILES string of the molecule is CCN(CC)C(=O)c1ccc(CNC(=NC)NCc2ccc(C)cc2OC(C)C)cc1. The number of rotatable bonds is 9. The Morgan fingerprint density at radius 1 is 1.03 bits per heavy atom. The maximum Gasteiger partial charge on any atom is 0.253 e. The van der Waals surface area contributed by atoms with Crippen LogP contribution in [0, 0.1) is 6.92 Å². The fourth-order valence-electron chi connectivity index (χ4n) is 3.22. The molecule has 6 nitrogen and oxygen atoms in total. The molecule has 6 heteroatoms. The summed E-state index contributed by atoms with van der Waals surface area (Å²) in [7, 11) is 1.75. The van der Waals surface area contributed by atoms with Crippen molar-refractivity contribution in [2.24, 2.45) is 4.99 Å². The second-order valence-corrected chi connectivity index (χ2v) is 7.73. The molecule has 0 fully saturated rings. The van der Waals surface area contributed by atoms with Gasteiger partial charge in [0.1, 0.15) is 5.75 Å². The van der Waals surface area contributed by atoms with Crippen LogP contribution in [0.3, 0.4) is 0 Å². The molecule has 0 radical (unpaired) electrons. The van der Waals surface area contributed by atoms with Crippen LogP contribution in [0.25, 0.3) is 0 Å². The lowest BCUT2D eigenvalue weighted by molar-refractivity contribution is 0.0773. The van der Waals surface area contributed by atoms with Crippen molar-refractivity contribution in [3.05, 3.63) is 64.7 Å². The zero-order valence-electron chi connectivity index (χ0n) is 19.7. The first-order valence-corrected chi connectivity index (χ1v) is 11.0. The maximum atomic E-state index is 12.4. The molecular weight excluding hydrogens is 388 g/mol. The van der Waals surface area contributed by atoms with Crippen LogP contribution in [0.1, 0.15) is 54.7 Å². The Kier molecular flexibility index (Phi) is 9.38. The molecule has 0 bridgehead atoms. The molecule has 0 heterocycles. The molecule has 31 heavy (non-hydrogen) atoms.